The molecule has 1 saturated heterocycles. The lowest BCUT2D eigenvalue weighted by atomic mass is 9.75. The number of rotatable bonds is 3. The molecular weight excluding hydrogens is 338 g/mol. The van der Waals surface area contributed by atoms with Crippen LogP contribution in [0.4, 0.5) is 0 Å². The van der Waals surface area contributed by atoms with Crippen LogP contribution in [0.1, 0.15) is 55.1 Å². The van der Waals surface area contributed by atoms with Gasteiger partial charge in [0.25, 0.3) is 0 Å². The number of fused-ring (bicyclic) bond motifs is 1. The molecule has 24 heavy (non-hydrogen) atoms. The highest BCUT2D eigenvalue weighted by molar-refractivity contribution is 7.38. The van der Waals surface area contributed by atoms with Crippen molar-refractivity contribution in [3.05, 3.63) is 21.9 Å². The lowest BCUT2D eigenvalue weighted by Gasteiger charge is -2.37. The van der Waals surface area contributed by atoms with Crippen molar-refractivity contribution in [2.24, 2.45) is 17.8 Å². The van der Waals surface area contributed by atoms with Crippen LogP contribution in [0.5, 0.6) is 0 Å². The van der Waals surface area contributed by atoms with Crippen molar-refractivity contribution in [3.63, 3.8) is 0 Å². The molecule has 1 aliphatic carbocycles. The molecule has 3 heterocycles. The Balaban J connectivity index is 1.35. The summed E-state index contributed by atoms with van der Waals surface area (Å²) >= 11 is 3.25. The van der Waals surface area contributed by atoms with E-state index < -0.39 is 0 Å². The van der Waals surface area contributed by atoms with Crippen LogP contribution in [-0.2, 0) is 9.47 Å². The second kappa shape index (κ2) is 7.13. The lowest BCUT2D eigenvalue weighted by Crippen LogP contribution is -2.34. The van der Waals surface area contributed by atoms with Gasteiger partial charge in [-0.15, -0.1) is 22.7 Å². The molecule has 0 bridgehead atoms. The first-order chi connectivity index (χ1) is 11.8. The Morgan fingerprint density at radius 1 is 1.08 bits per heavy atom. The smallest absolute Gasteiger partial charge is 0.193 e. The second-order valence-corrected chi connectivity index (χ2v) is 9.46. The Morgan fingerprint density at radius 2 is 1.83 bits per heavy atom. The van der Waals surface area contributed by atoms with E-state index in [1.165, 1.54) is 36.1 Å². The molecule has 0 amide bonds. The van der Waals surface area contributed by atoms with Gasteiger partial charge < -0.3 is 9.47 Å². The van der Waals surface area contributed by atoms with E-state index >= 15 is 0 Å². The van der Waals surface area contributed by atoms with Crippen molar-refractivity contribution in [1.82, 2.24) is 0 Å². The van der Waals surface area contributed by atoms with E-state index in [4.69, 9.17) is 14.7 Å². The maximum absolute atomic E-state index is 8.98. The van der Waals surface area contributed by atoms with Gasteiger partial charge in [0.2, 0.25) is 0 Å². The van der Waals surface area contributed by atoms with Crippen LogP contribution >= 0.6 is 22.7 Å². The van der Waals surface area contributed by atoms with Gasteiger partial charge in [0.1, 0.15) is 10.9 Å². The van der Waals surface area contributed by atoms with Crippen LogP contribution in [-0.4, -0.2) is 13.2 Å². The van der Waals surface area contributed by atoms with Crippen LogP contribution in [0.3, 0.4) is 0 Å². The maximum atomic E-state index is 8.98. The molecule has 5 heteroatoms. The molecule has 0 N–H and O–H groups in total. The average Bonchev–Trinajstić information content (AvgIpc) is 3.20. The summed E-state index contributed by atoms with van der Waals surface area (Å²) < 4.78 is 13.3. The predicted octanol–water partition coefficient (Wildman–Crippen LogP) is 5.71. The highest BCUT2D eigenvalue weighted by Gasteiger charge is 2.32. The molecule has 4 rings (SSSR count). The molecule has 2 aliphatic rings. The Bertz CT molecular complexity index is 697. The highest BCUT2D eigenvalue weighted by Crippen LogP contribution is 2.41. The van der Waals surface area contributed by atoms with E-state index in [2.05, 4.69) is 19.1 Å². The molecule has 0 unspecified atom stereocenters. The third kappa shape index (κ3) is 3.25. The van der Waals surface area contributed by atoms with E-state index in [0.29, 0.717) is 5.92 Å². The zero-order valence-corrected chi connectivity index (χ0v) is 15.6. The molecule has 0 atom stereocenters. The van der Waals surface area contributed by atoms with Crippen molar-refractivity contribution in [2.45, 2.75) is 45.3 Å². The predicted molar refractivity (Wildman–Crippen MR) is 98.3 cm³/mol. The van der Waals surface area contributed by atoms with Gasteiger partial charge >= 0.3 is 0 Å². The Hall–Kier alpha value is -0.930. The molecule has 3 nitrogen and oxygen atoms in total. The van der Waals surface area contributed by atoms with Crippen molar-refractivity contribution in [2.75, 3.05) is 13.2 Å². The minimum atomic E-state index is -0.219. The van der Waals surface area contributed by atoms with Gasteiger partial charge in [0, 0.05) is 11.3 Å². The first-order valence-corrected chi connectivity index (χ1v) is 10.6. The fraction of sp³-hybridized carbons (Fsp3) is 0.632. The monoisotopic (exact) mass is 361 g/mol. The Morgan fingerprint density at radius 3 is 2.46 bits per heavy atom. The normalized spacial score (nSPS) is 31.2. The van der Waals surface area contributed by atoms with Crippen LogP contribution in [0.25, 0.3) is 9.40 Å². The molecule has 0 aromatic carbocycles. The molecule has 1 saturated carbocycles. The van der Waals surface area contributed by atoms with Crippen molar-refractivity contribution < 1.29 is 9.47 Å². The van der Waals surface area contributed by atoms with Crippen LogP contribution in [0.15, 0.2) is 12.1 Å². The van der Waals surface area contributed by atoms with Crippen LogP contribution in [0, 0.1) is 29.1 Å². The molecule has 128 valence electrons. The first-order valence-electron chi connectivity index (χ1n) is 8.93. The molecule has 2 fully saturated rings. The van der Waals surface area contributed by atoms with Crippen LogP contribution in [0.2, 0.25) is 0 Å². The van der Waals surface area contributed by atoms with Crippen LogP contribution < -0.4 is 0 Å². The maximum Gasteiger partial charge on any atom is 0.193 e. The number of ether oxygens (including phenoxy) is 2. The van der Waals surface area contributed by atoms with Gasteiger partial charge in [-0.05, 0) is 36.8 Å². The number of hydrogen-bond acceptors (Lipinski definition) is 5. The minimum Gasteiger partial charge on any atom is -0.347 e. The summed E-state index contributed by atoms with van der Waals surface area (Å²) in [6, 6.07) is 6.29. The summed E-state index contributed by atoms with van der Waals surface area (Å²) in [5, 5.41) is 10.1. The quantitative estimate of drug-likeness (QED) is 0.703. The summed E-state index contributed by atoms with van der Waals surface area (Å²) in [6.45, 7) is 3.95. The Kier molecular flexibility index (Phi) is 4.91. The molecule has 0 radical (unpaired) electrons. The SMILES string of the molecule is CCC1CCC(C2COC(c3cc4cc(C#N)sc4s3)OC2)CC1. The number of nitrogens with zero attached hydrogens (tertiary/aromatic N) is 1. The largest absolute Gasteiger partial charge is 0.347 e. The number of nitriles is 1. The zero-order chi connectivity index (χ0) is 16.5. The van der Waals surface area contributed by atoms with Gasteiger partial charge in [-0.2, -0.15) is 5.26 Å². The number of thiophene rings is 2. The first kappa shape index (κ1) is 16.5. The van der Waals surface area contributed by atoms with Gasteiger partial charge in [-0.3, -0.25) is 0 Å². The van der Waals surface area contributed by atoms with Gasteiger partial charge in [0.05, 0.1) is 22.1 Å². The molecule has 2 aromatic heterocycles. The molecule has 1 aliphatic heterocycles. The minimum absolute atomic E-state index is 0.219. The second-order valence-electron chi connectivity index (χ2n) is 7.06. The number of hydrogen-bond donors (Lipinski definition) is 0. The van der Waals surface area contributed by atoms with E-state index in [0.717, 1.165) is 40.2 Å². The zero-order valence-electron chi connectivity index (χ0n) is 14.0. The van der Waals surface area contributed by atoms with Gasteiger partial charge in [0.15, 0.2) is 6.29 Å². The van der Waals surface area contributed by atoms with E-state index in [1.807, 2.05) is 6.07 Å². The summed E-state index contributed by atoms with van der Waals surface area (Å²) in [7, 11) is 0. The fourth-order valence-corrected chi connectivity index (χ4v) is 6.31. The average molecular weight is 362 g/mol. The summed E-state index contributed by atoms with van der Waals surface area (Å²) in [5.74, 6) is 2.28. The van der Waals surface area contributed by atoms with E-state index in [9.17, 15) is 0 Å². The topological polar surface area (TPSA) is 42.2 Å². The third-order valence-electron chi connectivity index (χ3n) is 5.63. The summed E-state index contributed by atoms with van der Waals surface area (Å²) in [6.07, 6.45) is 6.55. The third-order valence-corrected chi connectivity index (χ3v) is 7.95. The van der Waals surface area contributed by atoms with Crippen molar-refractivity contribution >= 4 is 32.1 Å². The molecule has 0 spiro atoms. The summed E-state index contributed by atoms with van der Waals surface area (Å²) in [5.41, 5.74) is 0. The molecular formula is C19H23NO2S2. The van der Waals surface area contributed by atoms with Gasteiger partial charge in [-0.1, -0.05) is 26.2 Å². The van der Waals surface area contributed by atoms with Crippen molar-refractivity contribution in [3.8, 4) is 6.07 Å². The Labute approximate surface area is 151 Å². The standard InChI is InChI=1S/C19H23NO2S2/c1-2-12-3-5-13(6-4-12)15-10-21-18(22-11-15)17-8-14-7-16(9-20)23-19(14)24-17/h7-8,12-13,15,18H,2-6,10-11H2,1H3. The highest BCUT2D eigenvalue weighted by atomic mass is 32.2. The van der Waals surface area contributed by atoms with E-state index in [-0.39, 0.29) is 6.29 Å². The molecule has 2 aromatic rings. The lowest BCUT2D eigenvalue weighted by molar-refractivity contribution is -0.213. The fourth-order valence-electron chi connectivity index (χ4n) is 4.05. The summed E-state index contributed by atoms with van der Waals surface area (Å²) in [4.78, 5) is 1.91. The van der Waals surface area contributed by atoms with E-state index in [1.54, 1.807) is 22.7 Å². The van der Waals surface area contributed by atoms with Gasteiger partial charge in [-0.25, -0.2) is 0 Å². The van der Waals surface area contributed by atoms with Crippen molar-refractivity contribution in [1.29, 1.82) is 5.26 Å².